The molecule has 1 radical (unpaired) electrons. The fourth-order valence-corrected chi connectivity index (χ4v) is 5.27. The molecule has 3 nitrogen and oxygen atoms in total. The molecule has 0 amide bonds. The largest absolute Gasteiger partial charge is 0.657 e. The molecule has 0 spiro atoms. The first-order valence-corrected chi connectivity index (χ1v) is 15.1. The molecule has 0 aliphatic carbocycles. The maximum absolute atomic E-state index is 4.65. The number of hydrogen-bond donors (Lipinski definition) is 0. The van der Waals surface area contributed by atoms with Crippen molar-refractivity contribution >= 4 is 46.4 Å². The number of rotatable bonds is 3. The Morgan fingerprint density at radius 3 is 1.69 bits per heavy atom. The number of fused-ring (bicyclic) bond motifs is 3. The Hall–Kier alpha value is -3.02. The normalized spacial score (nSPS) is 13.0. The van der Waals surface area contributed by atoms with Gasteiger partial charge in [-0.15, -0.1) is 17.7 Å². The summed E-state index contributed by atoms with van der Waals surface area (Å²) in [7, 11) is -1.24. The van der Waals surface area contributed by atoms with Gasteiger partial charge in [-0.2, -0.15) is 0 Å². The van der Waals surface area contributed by atoms with Crippen molar-refractivity contribution in [1.29, 1.82) is 0 Å². The van der Waals surface area contributed by atoms with Crippen molar-refractivity contribution < 1.29 is 22.4 Å². The van der Waals surface area contributed by atoms with E-state index in [9.17, 15) is 0 Å². The minimum atomic E-state index is -1.24. The van der Waals surface area contributed by atoms with Gasteiger partial charge in [-0.3, -0.25) is 0 Å². The van der Waals surface area contributed by atoms with Gasteiger partial charge in [-0.1, -0.05) is 104 Å². The number of anilines is 2. The Kier molecular flexibility index (Phi) is 7.68. The summed E-state index contributed by atoms with van der Waals surface area (Å²) in [5.41, 5.74) is 4.56. The SMILES string of the molecule is C1=CN(c2ccccc2)[CH-]N1c1ccccc1.C[Si](C)(C)c1ccc2[n-]c3ccccc3c2c1.[Au]. The second kappa shape index (κ2) is 10.7. The first-order valence-electron chi connectivity index (χ1n) is 11.6. The molecular weight excluding hydrogens is 627 g/mol. The van der Waals surface area contributed by atoms with Crippen LogP contribution in [0.5, 0.6) is 0 Å². The van der Waals surface area contributed by atoms with E-state index in [1.54, 1.807) is 0 Å². The van der Waals surface area contributed by atoms with Gasteiger partial charge in [0.1, 0.15) is 0 Å². The smallest absolute Gasteiger partial charge is 0.0776 e. The zero-order valence-electron chi connectivity index (χ0n) is 20.2. The summed E-state index contributed by atoms with van der Waals surface area (Å²) in [5, 5.41) is 4.09. The number of para-hydroxylation sites is 3. The summed E-state index contributed by atoms with van der Waals surface area (Å²) in [4.78, 5) is 8.86. The Morgan fingerprint density at radius 1 is 0.600 bits per heavy atom. The van der Waals surface area contributed by atoms with Crippen molar-refractivity contribution in [3.8, 4) is 0 Å². The molecule has 181 valence electrons. The van der Waals surface area contributed by atoms with Gasteiger partial charge in [0.05, 0.1) is 8.07 Å². The molecule has 1 aromatic heterocycles. The van der Waals surface area contributed by atoms with Crippen LogP contribution in [0.4, 0.5) is 11.4 Å². The maximum Gasteiger partial charge on any atom is 0.0776 e. The molecular formula is C30H29AuN3Si-2. The van der Waals surface area contributed by atoms with Gasteiger partial charge in [-0.05, 0) is 47.4 Å². The van der Waals surface area contributed by atoms with E-state index in [1.807, 2.05) is 42.5 Å². The third-order valence-corrected chi connectivity index (χ3v) is 8.09. The van der Waals surface area contributed by atoms with Crippen LogP contribution in [0, 0.1) is 6.67 Å². The van der Waals surface area contributed by atoms with E-state index in [2.05, 4.69) is 114 Å². The van der Waals surface area contributed by atoms with Gasteiger partial charge in [0, 0.05) is 33.8 Å². The van der Waals surface area contributed by atoms with Gasteiger partial charge >= 0.3 is 0 Å². The second-order valence-corrected chi connectivity index (χ2v) is 14.6. The van der Waals surface area contributed by atoms with Gasteiger partial charge in [-0.25, -0.2) is 0 Å². The fraction of sp³-hybridized carbons (Fsp3) is 0.100. The van der Waals surface area contributed by atoms with Crippen LogP contribution in [0.2, 0.25) is 19.6 Å². The molecule has 5 heteroatoms. The van der Waals surface area contributed by atoms with Crippen molar-refractivity contribution in [3.63, 3.8) is 0 Å². The monoisotopic (exact) mass is 656 g/mol. The third kappa shape index (κ3) is 5.63. The predicted molar refractivity (Wildman–Crippen MR) is 149 cm³/mol. The maximum atomic E-state index is 4.65. The standard InChI is InChI=1S/C15H13N2.C15H16NSi.Au/c1-3-7-14(8-4-1)16-11-12-17(13-16)15-9-5-2-6-10-15;1-17(2,3)11-8-9-15-13(10-11)12-6-4-5-7-14(12)16-15;/h1-13H;4-10H,1-3H3;/q2*-1;. The van der Waals surface area contributed by atoms with Crippen LogP contribution in [-0.2, 0) is 22.4 Å². The summed E-state index contributed by atoms with van der Waals surface area (Å²) >= 11 is 0. The molecule has 0 fully saturated rings. The van der Waals surface area contributed by atoms with E-state index in [1.165, 1.54) is 27.3 Å². The molecule has 4 aromatic carbocycles. The molecule has 0 saturated carbocycles. The Bertz CT molecular complexity index is 1370. The van der Waals surface area contributed by atoms with E-state index >= 15 is 0 Å². The van der Waals surface area contributed by atoms with Gasteiger partial charge in [0.2, 0.25) is 0 Å². The van der Waals surface area contributed by atoms with E-state index in [-0.39, 0.29) is 22.4 Å². The average molecular weight is 657 g/mol. The molecule has 2 heterocycles. The zero-order chi connectivity index (χ0) is 23.5. The molecule has 6 rings (SSSR count). The number of benzene rings is 4. The minimum Gasteiger partial charge on any atom is -0.657 e. The van der Waals surface area contributed by atoms with Crippen molar-refractivity contribution in [3.05, 3.63) is 122 Å². The molecule has 0 unspecified atom stereocenters. The molecule has 0 saturated heterocycles. The van der Waals surface area contributed by atoms with E-state index in [0.29, 0.717) is 0 Å². The molecule has 1 aliphatic rings. The molecule has 0 bridgehead atoms. The zero-order valence-corrected chi connectivity index (χ0v) is 23.4. The Balaban J connectivity index is 0.000000160. The number of aromatic nitrogens is 1. The van der Waals surface area contributed by atoms with Crippen molar-refractivity contribution in [1.82, 2.24) is 4.98 Å². The van der Waals surface area contributed by atoms with Gasteiger partial charge in [0.25, 0.3) is 0 Å². The van der Waals surface area contributed by atoms with Gasteiger partial charge in [0.15, 0.2) is 0 Å². The summed E-state index contributed by atoms with van der Waals surface area (Å²) in [6.07, 6.45) is 4.12. The summed E-state index contributed by atoms with van der Waals surface area (Å²) in [5.74, 6) is 0. The first kappa shape index (κ1) is 25.1. The average Bonchev–Trinajstić information content (AvgIpc) is 3.50. The van der Waals surface area contributed by atoms with E-state index in [0.717, 1.165) is 11.0 Å². The Morgan fingerprint density at radius 2 is 1.11 bits per heavy atom. The van der Waals surface area contributed by atoms with Crippen LogP contribution in [0.3, 0.4) is 0 Å². The van der Waals surface area contributed by atoms with Crippen LogP contribution < -0.4 is 20.0 Å². The van der Waals surface area contributed by atoms with E-state index in [4.69, 9.17) is 0 Å². The van der Waals surface area contributed by atoms with Crippen molar-refractivity contribution in [2.45, 2.75) is 19.6 Å². The Labute approximate surface area is 224 Å². The van der Waals surface area contributed by atoms with Crippen LogP contribution in [-0.4, -0.2) is 8.07 Å². The van der Waals surface area contributed by atoms with E-state index < -0.39 is 8.07 Å². The molecule has 35 heavy (non-hydrogen) atoms. The topological polar surface area (TPSA) is 20.6 Å². The van der Waals surface area contributed by atoms with Crippen LogP contribution in [0.15, 0.2) is 116 Å². The number of nitrogens with zero attached hydrogens (tertiary/aromatic N) is 3. The molecule has 1 aliphatic heterocycles. The summed E-state index contributed by atoms with van der Waals surface area (Å²) in [6.45, 7) is 9.22. The predicted octanol–water partition coefficient (Wildman–Crippen LogP) is 7.10. The van der Waals surface area contributed by atoms with Crippen molar-refractivity contribution in [2.75, 3.05) is 9.80 Å². The first-order chi connectivity index (χ1) is 16.5. The number of hydrogen-bond acceptors (Lipinski definition) is 2. The summed E-state index contributed by atoms with van der Waals surface area (Å²) in [6, 6.07) is 35.8. The summed E-state index contributed by atoms with van der Waals surface area (Å²) < 4.78 is 0. The van der Waals surface area contributed by atoms with Crippen LogP contribution >= 0.6 is 0 Å². The van der Waals surface area contributed by atoms with Gasteiger partial charge < -0.3 is 14.8 Å². The minimum absolute atomic E-state index is 0. The quantitative estimate of drug-likeness (QED) is 0.153. The van der Waals surface area contributed by atoms with Crippen LogP contribution in [0.1, 0.15) is 0 Å². The fourth-order valence-electron chi connectivity index (χ4n) is 4.10. The van der Waals surface area contributed by atoms with Crippen molar-refractivity contribution in [2.24, 2.45) is 0 Å². The molecule has 0 atom stereocenters. The third-order valence-electron chi connectivity index (χ3n) is 6.04. The molecule has 0 N–H and O–H groups in total. The molecule has 5 aromatic rings. The van der Waals surface area contributed by atoms with Crippen LogP contribution in [0.25, 0.3) is 21.8 Å². The second-order valence-electron chi connectivity index (χ2n) is 9.51.